The topological polar surface area (TPSA) is 39.5 Å². The van der Waals surface area contributed by atoms with Crippen molar-refractivity contribution in [2.24, 2.45) is 0 Å². The smallest absolute Gasteiger partial charge is 0.161 e. The fourth-order valence-corrected chi connectivity index (χ4v) is 1.99. The molecular weight excluding hydrogens is 254 g/mol. The molecule has 0 aliphatic carbocycles. The number of likely N-dealkylation sites (N-methyl/N-ethyl adjacent to an activating group) is 1. The number of ether oxygens (including phenoxy) is 2. The zero-order valence-corrected chi connectivity index (χ0v) is 12.3. The molecule has 0 aliphatic rings. The lowest BCUT2D eigenvalue weighted by molar-refractivity contribution is 0.193. The zero-order chi connectivity index (χ0) is 13.5. The van der Waals surface area contributed by atoms with Crippen molar-refractivity contribution in [3.8, 4) is 5.75 Å². The molecule has 0 saturated heterocycles. The third-order valence-corrected chi connectivity index (χ3v) is 3.12. The first-order chi connectivity index (χ1) is 8.60. The summed E-state index contributed by atoms with van der Waals surface area (Å²) in [6.45, 7) is 2.32. The van der Waals surface area contributed by atoms with Crippen LogP contribution in [-0.4, -0.2) is 56.1 Å². The number of methoxy groups -OCH3 is 2. The summed E-state index contributed by atoms with van der Waals surface area (Å²) >= 11 is 6.40. The molecular formula is C12H22ClN3O2. The van der Waals surface area contributed by atoms with Gasteiger partial charge in [0.05, 0.1) is 30.9 Å². The number of aromatic nitrogens is 2. The van der Waals surface area contributed by atoms with Gasteiger partial charge >= 0.3 is 0 Å². The van der Waals surface area contributed by atoms with Crippen LogP contribution in [0.15, 0.2) is 6.20 Å². The summed E-state index contributed by atoms with van der Waals surface area (Å²) in [6, 6.07) is 0. The van der Waals surface area contributed by atoms with E-state index in [1.54, 1.807) is 20.4 Å². The van der Waals surface area contributed by atoms with E-state index in [1.165, 1.54) is 0 Å². The number of halogens is 1. The van der Waals surface area contributed by atoms with Crippen molar-refractivity contribution in [1.82, 2.24) is 14.7 Å². The Labute approximate surface area is 114 Å². The normalized spacial score (nSPS) is 13.0. The highest BCUT2D eigenvalue weighted by Gasteiger charge is 2.19. The number of rotatable bonds is 8. The van der Waals surface area contributed by atoms with Gasteiger partial charge in [0.1, 0.15) is 0 Å². The SMILES string of the molecule is COCCC(Cl)c1c(OC)cnn1CCN(C)C. The fraction of sp³-hybridized carbons (Fsp3) is 0.750. The Bertz CT molecular complexity index is 355. The summed E-state index contributed by atoms with van der Waals surface area (Å²) < 4.78 is 12.3. The monoisotopic (exact) mass is 275 g/mol. The molecule has 104 valence electrons. The Morgan fingerprint density at radius 2 is 2.17 bits per heavy atom. The first-order valence-electron chi connectivity index (χ1n) is 5.97. The predicted molar refractivity (Wildman–Crippen MR) is 72.4 cm³/mol. The van der Waals surface area contributed by atoms with Crippen LogP contribution in [0.1, 0.15) is 17.5 Å². The van der Waals surface area contributed by atoms with Crippen molar-refractivity contribution in [2.45, 2.75) is 18.3 Å². The summed E-state index contributed by atoms with van der Waals surface area (Å²) in [5.41, 5.74) is 0.929. The summed E-state index contributed by atoms with van der Waals surface area (Å²) in [7, 11) is 7.37. The Hall–Kier alpha value is -0.780. The molecule has 0 spiro atoms. The minimum absolute atomic E-state index is 0.149. The lowest BCUT2D eigenvalue weighted by Gasteiger charge is -2.15. The molecule has 1 unspecified atom stereocenters. The third-order valence-electron chi connectivity index (χ3n) is 2.70. The van der Waals surface area contributed by atoms with Crippen molar-refractivity contribution in [2.75, 3.05) is 41.5 Å². The Morgan fingerprint density at radius 1 is 1.44 bits per heavy atom. The third kappa shape index (κ3) is 4.15. The van der Waals surface area contributed by atoms with Crippen LogP contribution in [0.5, 0.6) is 5.75 Å². The van der Waals surface area contributed by atoms with Crippen molar-refractivity contribution < 1.29 is 9.47 Å². The second-order valence-electron chi connectivity index (χ2n) is 4.37. The molecule has 0 fully saturated rings. The van der Waals surface area contributed by atoms with Gasteiger partial charge in [-0.05, 0) is 20.5 Å². The summed E-state index contributed by atoms with van der Waals surface area (Å²) in [5, 5.41) is 4.18. The molecule has 0 amide bonds. The molecule has 0 bridgehead atoms. The van der Waals surface area contributed by atoms with Crippen molar-refractivity contribution in [3.05, 3.63) is 11.9 Å². The van der Waals surface area contributed by atoms with Crippen LogP contribution in [0, 0.1) is 0 Å². The molecule has 1 aromatic heterocycles. The van der Waals surface area contributed by atoms with Gasteiger partial charge in [-0.25, -0.2) is 0 Å². The van der Waals surface area contributed by atoms with Gasteiger partial charge < -0.3 is 14.4 Å². The van der Waals surface area contributed by atoms with Crippen LogP contribution >= 0.6 is 11.6 Å². The number of hydrogen-bond donors (Lipinski definition) is 0. The van der Waals surface area contributed by atoms with Crippen LogP contribution in [0.2, 0.25) is 0 Å². The highest BCUT2D eigenvalue weighted by atomic mass is 35.5. The zero-order valence-electron chi connectivity index (χ0n) is 11.5. The highest BCUT2D eigenvalue weighted by Crippen LogP contribution is 2.31. The molecule has 0 saturated carbocycles. The van der Waals surface area contributed by atoms with Crippen molar-refractivity contribution in [1.29, 1.82) is 0 Å². The molecule has 0 N–H and O–H groups in total. The van der Waals surface area contributed by atoms with Crippen LogP contribution in [0.3, 0.4) is 0 Å². The van der Waals surface area contributed by atoms with E-state index < -0.39 is 0 Å². The molecule has 0 radical (unpaired) electrons. The largest absolute Gasteiger partial charge is 0.493 e. The number of nitrogens with zero attached hydrogens (tertiary/aromatic N) is 3. The summed E-state index contributed by atoms with van der Waals surface area (Å²) in [4.78, 5) is 2.11. The van der Waals surface area contributed by atoms with Crippen LogP contribution in [-0.2, 0) is 11.3 Å². The quantitative estimate of drug-likeness (QED) is 0.678. The Balaban J connectivity index is 2.80. The molecule has 6 heteroatoms. The van der Waals surface area contributed by atoms with Crippen LogP contribution < -0.4 is 4.74 Å². The van der Waals surface area contributed by atoms with E-state index in [4.69, 9.17) is 21.1 Å². The summed E-state index contributed by atoms with van der Waals surface area (Å²) in [6.07, 6.45) is 2.45. The van der Waals surface area contributed by atoms with E-state index in [0.29, 0.717) is 6.61 Å². The second-order valence-corrected chi connectivity index (χ2v) is 4.90. The summed E-state index contributed by atoms with van der Waals surface area (Å²) in [5.74, 6) is 0.741. The van der Waals surface area contributed by atoms with Gasteiger partial charge in [0.2, 0.25) is 0 Å². The number of alkyl halides is 1. The molecule has 1 heterocycles. The average molecular weight is 276 g/mol. The van der Waals surface area contributed by atoms with Gasteiger partial charge in [0.15, 0.2) is 5.75 Å². The molecule has 1 rings (SSSR count). The van der Waals surface area contributed by atoms with E-state index in [9.17, 15) is 0 Å². The molecule has 0 aliphatic heterocycles. The lowest BCUT2D eigenvalue weighted by atomic mass is 10.2. The molecule has 1 aromatic rings. The Kier molecular flexibility index (Phi) is 6.46. The van der Waals surface area contributed by atoms with E-state index in [1.807, 2.05) is 18.8 Å². The van der Waals surface area contributed by atoms with Gasteiger partial charge in [-0.1, -0.05) is 0 Å². The number of hydrogen-bond acceptors (Lipinski definition) is 4. The first-order valence-corrected chi connectivity index (χ1v) is 6.41. The van der Waals surface area contributed by atoms with E-state index >= 15 is 0 Å². The van der Waals surface area contributed by atoms with E-state index in [-0.39, 0.29) is 5.38 Å². The highest BCUT2D eigenvalue weighted by molar-refractivity contribution is 6.20. The van der Waals surface area contributed by atoms with Gasteiger partial charge in [-0.3, -0.25) is 4.68 Å². The average Bonchev–Trinajstić information content (AvgIpc) is 2.76. The van der Waals surface area contributed by atoms with Crippen molar-refractivity contribution >= 4 is 11.6 Å². The van der Waals surface area contributed by atoms with Gasteiger partial charge in [-0.15, -0.1) is 11.6 Å². The van der Waals surface area contributed by atoms with Gasteiger partial charge in [-0.2, -0.15) is 5.10 Å². The fourth-order valence-electron chi connectivity index (χ4n) is 1.68. The van der Waals surface area contributed by atoms with Crippen LogP contribution in [0.4, 0.5) is 0 Å². The van der Waals surface area contributed by atoms with E-state index in [0.717, 1.165) is 31.0 Å². The second kappa shape index (κ2) is 7.61. The minimum atomic E-state index is -0.149. The van der Waals surface area contributed by atoms with Gasteiger partial charge in [0.25, 0.3) is 0 Å². The van der Waals surface area contributed by atoms with Gasteiger partial charge in [0, 0.05) is 20.3 Å². The maximum atomic E-state index is 6.40. The molecule has 1 atom stereocenters. The molecule has 0 aromatic carbocycles. The van der Waals surface area contributed by atoms with E-state index in [2.05, 4.69) is 10.00 Å². The molecule has 18 heavy (non-hydrogen) atoms. The molecule has 5 nitrogen and oxygen atoms in total. The standard InChI is InChI=1S/C12H22ClN3O2/c1-15(2)6-7-16-12(10(13)5-8-17-3)11(18-4)9-14-16/h9-10H,5-8H2,1-4H3. The minimum Gasteiger partial charge on any atom is -0.493 e. The maximum Gasteiger partial charge on any atom is 0.161 e. The van der Waals surface area contributed by atoms with Crippen LogP contribution in [0.25, 0.3) is 0 Å². The maximum absolute atomic E-state index is 6.40. The lowest BCUT2D eigenvalue weighted by Crippen LogP contribution is -2.20. The first kappa shape index (κ1) is 15.3. The Morgan fingerprint density at radius 3 is 2.72 bits per heavy atom. The predicted octanol–water partition coefficient (Wildman–Crippen LogP) is 1.77. The van der Waals surface area contributed by atoms with Crippen molar-refractivity contribution in [3.63, 3.8) is 0 Å².